The average molecular weight is 437 g/mol. The molecule has 3 aromatic heterocycles. The summed E-state index contributed by atoms with van der Waals surface area (Å²) in [5.41, 5.74) is 2.63. The van der Waals surface area contributed by atoms with Crippen LogP contribution in [0.4, 0.5) is 10.7 Å². The summed E-state index contributed by atoms with van der Waals surface area (Å²) in [5, 5.41) is 12.1. The number of fused-ring (bicyclic) bond motifs is 1. The topological polar surface area (TPSA) is 78.1 Å². The van der Waals surface area contributed by atoms with Crippen molar-refractivity contribution in [2.24, 2.45) is 20.0 Å². The van der Waals surface area contributed by atoms with E-state index in [9.17, 15) is 4.79 Å². The van der Waals surface area contributed by atoms with Gasteiger partial charge in [-0.05, 0) is 19.4 Å². The molecule has 1 saturated carbocycles. The van der Waals surface area contributed by atoms with Crippen LogP contribution in [0.3, 0.4) is 0 Å². The quantitative estimate of drug-likeness (QED) is 0.461. The Morgan fingerprint density at radius 1 is 1.23 bits per heavy atom. The van der Waals surface area contributed by atoms with Gasteiger partial charge >= 0.3 is 0 Å². The van der Waals surface area contributed by atoms with Crippen molar-refractivity contribution in [3.05, 3.63) is 57.6 Å². The Balaban J connectivity index is 1.32. The molecular formula is C22H24N6O2S. The summed E-state index contributed by atoms with van der Waals surface area (Å²) in [6.45, 7) is 2.49. The normalized spacial score (nSPS) is 17.8. The molecule has 4 aromatic rings. The van der Waals surface area contributed by atoms with Gasteiger partial charge in [-0.1, -0.05) is 18.2 Å². The first-order valence-corrected chi connectivity index (χ1v) is 11.0. The summed E-state index contributed by atoms with van der Waals surface area (Å²) in [7, 11) is 5.48. The van der Waals surface area contributed by atoms with E-state index >= 15 is 0 Å². The third kappa shape index (κ3) is 3.59. The monoisotopic (exact) mass is 436 g/mol. The molecule has 5 rings (SSSR count). The minimum Gasteiger partial charge on any atom is -0.476 e. The highest BCUT2D eigenvalue weighted by atomic mass is 32.1. The number of thiazole rings is 1. The van der Waals surface area contributed by atoms with Crippen molar-refractivity contribution in [2.75, 3.05) is 18.6 Å². The molecule has 0 unspecified atom stereocenters. The molecule has 0 aliphatic heterocycles. The zero-order chi connectivity index (χ0) is 21.7. The summed E-state index contributed by atoms with van der Waals surface area (Å²) in [6, 6.07) is 10.0. The van der Waals surface area contributed by atoms with Gasteiger partial charge in [-0.2, -0.15) is 5.10 Å². The maximum atomic E-state index is 12.6. The van der Waals surface area contributed by atoms with Crippen molar-refractivity contribution >= 4 is 32.9 Å². The zero-order valence-electron chi connectivity index (χ0n) is 17.9. The number of ether oxygens (including phenoxy) is 1. The number of rotatable bonds is 6. The van der Waals surface area contributed by atoms with E-state index in [-0.39, 0.29) is 5.56 Å². The van der Waals surface area contributed by atoms with Crippen molar-refractivity contribution in [1.29, 1.82) is 0 Å². The molecule has 2 atom stereocenters. The van der Waals surface area contributed by atoms with E-state index in [4.69, 9.17) is 9.84 Å². The predicted octanol–water partition coefficient (Wildman–Crippen LogP) is 3.38. The summed E-state index contributed by atoms with van der Waals surface area (Å²) in [6.07, 6.45) is 2.81. The van der Waals surface area contributed by atoms with Crippen LogP contribution >= 0.6 is 11.3 Å². The van der Waals surface area contributed by atoms with E-state index in [1.807, 2.05) is 36.7 Å². The van der Waals surface area contributed by atoms with Gasteiger partial charge in [-0.25, -0.2) is 9.67 Å². The summed E-state index contributed by atoms with van der Waals surface area (Å²) in [4.78, 5) is 18.7. The molecule has 0 amide bonds. The molecule has 1 aliphatic rings. The average Bonchev–Trinajstić information content (AvgIpc) is 3.28. The molecule has 3 heterocycles. The molecule has 0 spiro atoms. The minimum atomic E-state index is -0.176. The van der Waals surface area contributed by atoms with Crippen LogP contribution in [0.5, 0.6) is 5.88 Å². The Kier molecular flexibility index (Phi) is 4.77. The number of para-hydroxylation sites is 1. The summed E-state index contributed by atoms with van der Waals surface area (Å²) < 4.78 is 9.29. The second kappa shape index (κ2) is 7.49. The largest absolute Gasteiger partial charge is 0.476 e. The molecule has 0 saturated heterocycles. The van der Waals surface area contributed by atoms with Crippen LogP contribution in [-0.4, -0.2) is 38.2 Å². The van der Waals surface area contributed by atoms with E-state index in [0.29, 0.717) is 30.0 Å². The van der Waals surface area contributed by atoms with Crippen LogP contribution in [0.15, 0.2) is 41.3 Å². The van der Waals surface area contributed by atoms with Crippen molar-refractivity contribution < 1.29 is 4.74 Å². The molecule has 0 N–H and O–H groups in total. The Morgan fingerprint density at radius 2 is 2.03 bits per heavy atom. The number of aryl methyl sites for hydroxylation is 3. The Morgan fingerprint density at radius 3 is 2.81 bits per heavy atom. The molecule has 1 aliphatic carbocycles. The van der Waals surface area contributed by atoms with Gasteiger partial charge in [0.05, 0.1) is 29.0 Å². The number of benzene rings is 1. The predicted molar refractivity (Wildman–Crippen MR) is 121 cm³/mol. The highest BCUT2D eigenvalue weighted by Crippen LogP contribution is 2.49. The lowest BCUT2D eigenvalue weighted by molar-refractivity contribution is 0.278. The van der Waals surface area contributed by atoms with Crippen molar-refractivity contribution in [3.8, 4) is 5.88 Å². The Bertz CT molecular complexity index is 1320. The van der Waals surface area contributed by atoms with E-state index in [1.165, 1.54) is 21.4 Å². The Hall–Kier alpha value is -3.20. The fourth-order valence-corrected chi connectivity index (χ4v) is 4.72. The molecule has 1 aromatic carbocycles. The van der Waals surface area contributed by atoms with Crippen LogP contribution < -0.4 is 15.2 Å². The number of hydrogen-bond acceptors (Lipinski definition) is 7. The fraction of sp³-hybridized carbons (Fsp3) is 0.364. The first kappa shape index (κ1) is 19.7. The first-order chi connectivity index (χ1) is 14.9. The van der Waals surface area contributed by atoms with Crippen LogP contribution in [-0.2, 0) is 14.1 Å². The molecule has 0 bridgehead atoms. The number of nitrogens with zero attached hydrogens (tertiary/aromatic N) is 6. The van der Waals surface area contributed by atoms with E-state index in [1.54, 1.807) is 19.3 Å². The van der Waals surface area contributed by atoms with E-state index in [0.717, 1.165) is 27.6 Å². The first-order valence-electron chi connectivity index (χ1n) is 10.2. The number of anilines is 2. The maximum absolute atomic E-state index is 12.6. The molecule has 31 heavy (non-hydrogen) atoms. The van der Waals surface area contributed by atoms with Crippen LogP contribution in [0.1, 0.15) is 23.0 Å². The van der Waals surface area contributed by atoms with Gasteiger partial charge in [-0.3, -0.25) is 9.48 Å². The summed E-state index contributed by atoms with van der Waals surface area (Å²) in [5.74, 6) is 1.23. The summed E-state index contributed by atoms with van der Waals surface area (Å²) >= 11 is 1.54. The van der Waals surface area contributed by atoms with Gasteiger partial charge in [0.2, 0.25) is 5.88 Å². The highest BCUT2D eigenvalue weighted by molar-refractivity contribution is 7.15. The zero-order valence-corrected chi connectivity index (χ0v) is 18.8. The second-order valence-corrected chi connectivity index (χ2v) is 9.23. The van der Waals surface area contributed by atoms with Crippen molar-refractivity contribution in [1.82, 2.24) is 24.5 Å². The molecule has 1 fully saturated rings. The van der Waals surface area contributed by atoms with Gasteiger partial charge in [0.25, 0.3) is 5.56 Å². The molecule has 9 heteroatoms. The third-order valence-electron chi connectivity index (χ3n) is 5.83. The van der Waals surface area contributed by atoms with Crippen molar-refractivity contribution in [2.45, 2.75) is 19.3 Å². The minimum absolute atomic E-state index is 0.176. The van der Waals surface area contributed by atoms with E-state index in [2.05, 4.69) is 28.3 Å². The second-order valence-electron chi connectivity index (χ2n) is 8.01. The molecule has 8 nitrogen and oxygen atoms in total. The Labute approximate surface area is 183 Å². The lowest BCUT2D eigenvalue weighted by Crippen LogP contribution is -2.27. The molecule has 160 valence electrons. The standard InChI is InChI=1S/C22H24N6O2S/c1-13-23-11-20(31-13)26(2)18-10-19(24-28(4)22(18)29)30-12-14-9-16(14)21-15-7-5-6-8-17(15)27(3)25-21/h5-8,10-11,14,16H,9,12H2,1-4H3/t14-,16+/m1/s1. The van der Waals surface area contributed by atoms with E-state index < -0.39 is 0 Å². The van der Waals surface area contributed by atoms with Crippen LogP contribution in [0, 0.1) is 12.8 Å². The maximum Gasteiger partial charge on any atom is 0.290 e. The van der Waals surface area contributed by atoms with Crippen LogP contribution in [0.2, 0.25) is 0 Å². The lowest BCUT2D eigenvalue weighted by atomic mass is 10.1. The van der Waals surface area contributed by atoms with Gasteiger partial charge in [0, 0.05) is 44.4 Å². The number of hydrogen-bond donors (Lipinski definition) is 0. The lowest BCUT2D eigenvalue weighted by Gasteiger charge is -2.17. The SMILES string of the molecule is Cc1ncc(N(C)c2cc(OC[C@H]3C[C@@H]3c3nn(C)c4ccccc34)nn(C)c2=O)s1. The number of aromatic nitrogens is 5. The van der Waals surface area contributed by atoms with Gasteiger partial charge in [-0.15, -0.1) is 16.4 Å². The van der Waals surface area contributed by atoms with Gasteiger partial charge < -0.3 is 9.64 Å². The smallest absolute Gasteiger partial charge is 0.290 e. The fourth-order valence-electron chi connectivity index (χ4n) is 3.98. The van der Waals surface area contributed by atoms with Crippen molar-refractivity contribution in [3.63, 3.8) is 0 Å². The van der Waals surface area contributed by atoms with Crippen LogP contribution in [0.25, 0.3) is 10.9 Å². The van der Waals surface area contributed by atoms with Gasteiger partial charge in [0.15, 0.2) is 0 Å². The molecular weight excluding hydrogens is 412 g/mol. The highest BCUT2D eigenvalue weighted by Gasteiger charge is 2.42. The third-order valence-corrected chi connectivity index (χ3v) is 6.82. The van der Waals surface area contributed by atoms with Gasteiger partial charge in [0.1, 0.15) is 10.7 Å². The molecule has 0 radical (unpaired) electrons.